The number of nitrogens with zero attached hydrogens (tertiary/aromatic N) is 2. The zero-order valence-electron chi connectivity index (χ0n) is 16.2. The third-order valence-corrected chi connectivity index (χ3v) is 4.99. The minimum atomic E-state index is -0.275. The second-order valence-corrected chi connectivity index (χ2v) is 7.48. The van der Waals surface area contributed by atoms with Crippen molar-refractivity contribution in [3.63, 3.8) is 0 Å². The molecule has 1 aromatic heterocycles. The molecular formula is C22H17Cl2N3O4. The van der Waals surface area contributed by atoms with Crippen molar-refractivity contribution in [2.45, 2.75) is 6.42 Å². The molecule has 2 aromatic carbocycles. The Labute approximate surface area is 188 Å². The van der Waals surface area contributed by atoms with Crippen LogP contribution in [0.2, 0.25) is 10.0 Å². The van der Waals surface area contributed by atoms with Gasteiger partial charge < -0.3 is 19.7 Å². The van der Waals surface area contributed by atoms with E-state index in [4.69, 9.17) is 32.7 Å². The summed E-state index contributed by atoms with van der Waals surface area (Å²) >= 11 is 12.0. The van der Waals surface area contributed by atoms with Gasteiger partial charge in [-0.2, -0.15) is 0 Å². The third-order valence-electron chi connectivity index (χ3n) is 4.51. The summed E-state index contributed by atoms with van der Waals surface area (Å²) in [6, 6.07) is 15.7. The standard InChI is InChI=1S/C22H17Cl2N3O4/c23-14-11-15(24)22(25-12-14)31-18-7-3-1-5-16(18)26-20(28)9-10-27-17-6-2-4-8-19(17)30-13-21(27)29/h1-8,11-12H,9-10,13H2,(H,26,28). The number of pyridine rings is 1. The Kier molecular flexibility index (Phi) is 6.25. The zero-order chi connectivity index (χ0) is 21.8. The van der Waals surface area contributed by atoms with Gasteiger partial charge in [-0.05, 0) is 30.3 Å². The van der Waals surface area contributed by atoms with E-state index in [0.29, 0.717) is 27.9 Å². The van der Waals surface area contributed by atoms with Crippen LogP contribution in [0, 0.1) is 0 Å². The van der Waals surface area contributed by atoms with Crippen molar-refractivity contribution < 1.29 is 19.1 Å². The highest BCUT2D eigenvalue weighted by molar-refractivity contribution is 6.35. The summed E-state index contributed by atoms with van der Waals surface area (Å²) in [7, 11) is 0. The molecular weight excluding hydrogens is 441 g/mol. The summed E-state index contributed by atoms with van der Waals surface area (Å²) in [4.78, 5) is 30.5. The largest absolute Gasteiger partial charge is 0.482 e. The number of nitrogens with one attached hydrogen (secondary N) is 1. The Hall–Kier alpha value is -3.29. The first kappa shape index (κ1) is 21.0. The van der Waals surface area contributed by atoms with Crippen molar-refractivity contribution in [1.29, 1.82) is 0 Å². The van der Waals surface area contributed by atoms with Gasteiger partial charge in [0, 0.05) is 19.2 Å². The number of carbonyl (C=O) groups excluding carboxylic acids is 2. The molecule has 158 valence electrons. The molecule has 2 amide bonds. The third kappa shape index (κ3) is 4.90. The molecule has 0 atom stereocenters. The molecule has 0 saturated heterocycles. The normalized spacial score (nSPS) is 12.7. The molecule has 3 aromatic rings. The van der Waals surface area contributed by atoms with Crippen molar-refractivity contribution in [3.05, 3.63) is 70.8 Å². The van der Waals surface area contributed by atoms with Crippen LogP contribution in [0.15, 0.2) is 60.8 Å². The Morgan fingerprint density at radius 2 is 1.94 bits per heavy atom. The molecule has 0 saturated carbocycles. The first-order valence-electron chi connectivity index (χ1n) is 9.41. The topological polar surface area (TPSA) is 80.8 Å². The molecule has 0 bridgehead atoms. The lowest BCUT2D eigenvalue weighted by atomic mass is 10.2. The van der Waals surface area contributed by atoms with Crippen molar-refractivity contribution in [1.82, 2.24) is 4.98 Å². The van der Waals surface area contributed by atoms with E-state index >= 15 is 0 Å². The number of para-hydroxylation sites is 4. The van der Waals surface area contributed by atoms with E-state index in [1.165, 1.54) is 12.3 Å². The van der Waals surface area contributed by atoms with Gasteiger partial charge >= 0.3 is 0 Å². The number of amides is 2. The van der Waals surface area contributed by atoms with Gasteiger partial charge in [0.15, 0.2) is 12.4 Å². The molecule has 4 rings (SSSR count). The highest BCUT2D eigenvalue weighted by atomic mass is 35.5. The molecule has 0 unspecified atom stereocenters. The molecule has 0 spiro atoms. The van der Waals surface area contributed by atoms with E-state index in [1.807, 2.05) is 12.1 Å². The molecule has 0 radical (unpaired) electrons. The van der Waals surface area contributed by atoms with Crippen LogP contribution in [-0.4, -0.2) is 29.9 Å². The zero-order valence-corrected chi connectivity index (χ0v) is 17.7. The summed E-state index contributed by atoms with van der Waals surface area (Å²) in [5.41, 5.74) is 1.10. The molecule has 0 aliphatic carbocycles. The minimum absolute atomic E-state index is 0.0514. The Bertz CT molecular complexity index is 1140. The number of carbonyl (C=O) groups is 2. The van der Waals surface area contributed by atoms with Crippen LogP contribution in [-0.2, 0) is 9.59 Å². The van der Waals surface area contributed by atoms with Crippen molar-refractivity contribution in [2.75, 3.05) is 23.4 Å². The highest BCUT2D eigenvalue weighted by Crippen LogP contribution is 2.34. The van der Waals surface area contributed by atoms with Gasteiger partial charge in [0.25, 0.3) is 5.91 Å². The SMILES string of the molecule is O=C(CCN1C(=O)COc2ccccc21)Nc1ccccc1Oc1ncc(Cl)cc1Cl. The Balaban J connectivity index is 1.43. The number of halogens is 2. The first-order chi connectivity index (χ1) is 15.0. The summed E-state index contributed by atoms with van der Waals surface area (Å²) in [5, 5.41) is 3.45. The van der Waals surface area contributed by atoms with Crippen LogP contribution in [0.4, 0.5) is 11.4 Å². The number of hydrogen-bond acceptors (Lipinski definition) is 5. The summed E-state index contributed by atoms with van der Waals surface area (Å²) in [6.07, 6.45) is 1.51. The molecule has 2 heterocycles. The van der Waals surface area contributed by atoms with E-state index in [-0.39, 0.29) is 42.3 Å². The maximum atomic E-state index is 12.6. The van der Waals surface area contributed by atoms with E-state index < -0.39 is 0 Å². The fourth-order valence-corrected chi connectivity index (χ4v) is 3.48. The lowest BCUT2D eigenvalue weighted by Crippen LogP contribution is -2.40. The van der Waals surface area contributed by atoms with Gasteiger partial charge in [-0.25, -0.2) is 4.98 Å². The number of hydrogen-bond donors (Lipinski definition) is 1. The van der Waals surface area contributed by atoms with Gasteiger partial charge in [0.05, 0.1) is 16.4 Å². The molecule has 0 fully saturated rings. The number of benzene rings is 2. The maximum Gasteiger partial charge on any atom is 0.265 e. The van der Waals surface area contributed by atoms with Crippen LogP contribution in [0.5, 0.6) is 17.4 Å². The lowest BCUT2D eigenvalue weighted by Gasteiger charge is -2.29. The van der Waals surface area contributed by atoms with Crippen molar-refractivity contribution in [2.24, 2.45) is 0 Å². The predicted octanol–water partition coefficient (Wildman–Crippen LogP) is 4.93. The van der Waals surface area contributed by atoms with Gasteiger partial charge in [0.1, 0.15) is 10.8 Å². The molecule has 1 N–H and O–H groups in total. The van der Waals surface area contributed by atoms with Crippen LogP contribution >= 0.6 is 23.2 Å². The number of anilines is 2. The second kappa shape index (κ2) is 9.24. The number of aromatic nitrogens is 1. The van der Waals surface area contributed by atoms with E-state index in [2.05, 4.69) is 10.3 Å². The summed E-state index contributed by atoms with van der Waals surface area (Å²) in [6.45, 7) is 0.169. The average Bonchev–Trinajstić information content (AvgIpc) is 2.76. The summed E-state index contributed by atoms with van der Waals surface area (Å²) in [5.74, 6) is 0.693. The molecule has 1 aliphatic heterocycles. The van der Waals surface area contributed by atoms with E-state index in [9.17, 15) is 9.59 Å². The minimum Gasteiger partial charge on any atom is -0.482 e. The van der Waals surface area contributed by atoms with Crippen LogP contribution < -0.4 is 19.7 Å². The van der Waals surface area contributed by atoms with Gasteiger partial charge in [-0.3, -0.25) is 9.59 Å². The average molecular weight is 458 g/mol. The Morgan fingerprint density at radius 1 is 1.16 bits per heavy atom. The smallest absolute Gasteiger partial charge is 0.265 e. The number of rotatable bonds is 6. The lowest BCUT2D eigenvalue weighted by molar-refractivity contribution is -0.121. The van der Waals surface area contributed by atoms with Gasteiger partial charge in [0.2, 0.25) is 11.8 Å². The second-order valence-electron chi connectivity index (χ2n) is 6.64. The van der Waals surface area contributed by atoms with Gasteiger partial charge in [-0.1, -0.05) is 47.5 Å². The van der Waals surface area contributed by atoms with E-state index in [0.717, 1.165) is 0 Å². The highest BCUT2D eigenvalue weighted by Gasteiger charge is 2.25. The van der Waals surface area contributed by atoms with Crippen molar-refractivity contribution >= 4 is 46.4 Å². The molecule has 31 heavy (non-hydrogen) atoms. The fraction of sp³-hybridized carbons (Fsp3) is 0.136. The van der Waals surface area contributed by atoms with Gasteiger partial charge in [-0.15, -0.1) is 0 Å². The quantitative estimate of drug-likeness (QED) is 0.567. The number of ether oxygens (including phenoxy) is 2. The predicted molar refractivity (Wildman–Crippen MR) is 118 cm³/mol. The first-order valence-corrected chi connectivity index (χ1v) is 10.2. The Morgan fingerprint density at radius 3 is 2.77 bits per heavy atom. The van der Waals surface area contributed by atoms with Crippen molar-refractivity contribution in [3.8, 4) is 17.4 Å². The van der Waals surface area contributed by atoms with Crippen LogP contribution in [0.1, 0.15) is 6.42 Å². The molecule has 7 nitrogen and oxygen atoms in total. The van der Waals surface area contributed by atoms with E-state index in [1.54, 1.807) is 41.3 Å². The monoisotopic (exact) mass is 457 g/mol. The maximum absolute atomic E-state index is 12.6. The molecule has 9 heteroatoms. The van der Waals surface area contributed by atoms with Crippen LogP contribution in [0.3, 0.4) is 0 Å². The fourth-order valence-electron chi connectivity index (χ4n) is 3.07. The summed E-state index contributed by atoms with van der Waals surface area (Å²) < 4.78 is 11.2. The molecule has 1 aliphatic rings. The van der Waals surface area contributed by atoms with Crippen LogP contribution in [0.25, 0.3) is 0 Å². The number of fused-ring (bicyclic) bond motifs is 1.